The zero-order valence-electron chi connectivity index (χ0n) is 20.0. The number of aromatic nitrogens is 1. The third-order valence-corrected chi connectivity index (χ3v) is 6.95. The Morgan fingerprint density at radius 1 is 1.09 bits per heavy atom. The van der Waals surface area contributed by atoms with Crippen molar-refractivity contribution in [3.05, 3.63) is 60.5 Å². The largest absolute Gasteiger partial charge is 0.507 e. The number of phenols is 1. The molecule has 1 spiro atoms. The molecule has 0 bridgehead atoms. The highest BCUT2D eigenvalue weighted by molar-refractivity contribution is 5.84. The molecule has 5 rings (SSSR count). The maximum absolute atomic E-state index is 15.0. The number of nitrogens with zero attached hydrogens (tertiary/aromatic N) is 4. The lowest BCUT2D eigenvalue weighted by atomic mass is 9.74. The van der Waals surface area contributed by atoms with Crippen molar-refractivity contribution in [3.63, 3.8) is 0 Å². The Morgan fingerprint density at radius 3 is 2.40 bits per heavy atom. The Bertz CT molecular complexity index is 1240. The molecule has 0 aliphatic carbocycles. The van der Waals surface area contributed by atoms with Gasteiger partial charge in [-0.1, -0.05) is 24.3 Å². The summed E-state index contributed by atoms with van der Waals surface area (Å²) in [4.78, 5) is 21.6. The van der Waals surface area contributed by atoms with Crippen molar-refractivity contribution in [1.29, 1.82) is 0 Å². The molecular weight excluding hydrogens is 445 g/mol. The molecule has 1 aromatic heterocycles. The zero-order valence-corrected chi connectivity index (χ0v) is 20.0. The second-order valence-electron chi connectivity index (χ2n) is 9.83. The van der Waals surface area contributed by atoms with Gasteiger partial charge in [0.15, 0.2) is 0 Å². The summed E-state index contributed by atoms with van der Waals surface area (Å²) in [5, 5.41) is 14.5. The van der Waals surface area contributed by atoms with Crippen LogP contribution in [0.5, 0.6) is 5.75 Å². The number of amides is 1. The molecule has 0 unspecified atom stereocenters. The molecule has 0 saturated carbocycles. The molecule has 0 atom stereocenters. The van der Waals surface area contributed by atoms with Crippen LogP contribution in [0.2, 0.25) is 0 Å². The number of carbonyl (C=O) groups is 1. The highest BCUT2D eigenvalue weighted by atomic mass is 19.1. The molecule has 3 aromatic rings. The molecule has 7 nitrogen and oxygen atoms in total. The molecule has 2 aliphatic rings. The Morgan fingerprint density at radius 2 is 1.80 bits per heavy atom. The predicted octanol–water partition coefficient (Wildman–Crippen LogP) is 3.19. The normalized spacial score (nSPS) is 16.2. The maximum Gasteiger partial charge on any atom is 0.214 e. The van der Waals surface area contributed by atoms with Gasteiger partial charge in [-0.2, -0.15) is 0 Å². The number of hydrogen-bond acceptors (Lipinski definition) is 6. The van der Waals surface area contributed by atoms with Crippen LogP contribution in [0.25, 0.3) is 22.3 Å². The summed E-state index contributed by atoms with van der Waals surface area (Å²) >= 11 is 0. The number of likely N-dealkylation sites (N-methyl/N-ethyl adjacent to an activating group) is 1. The standard InChI is InChI=1S/C27H30FN5O2/c1-31(2)10-11-32(18-34)24-7-6-19(12-23(24)28)21-4-3-5-22(26(21)35)20-8-9-30-25(13-20)33-16-27(17-33)14-29-15-27/h3-9,12-13,18,29,35H,10-11,14-17H2,1-2H3. The van der Waals surface area contributed by atoms with Crippen LogP contribution in [0.3, 0.4) is 0 Å². The van der Waals surface area contributed by atoms with Crippen LogP contribution in [0.15, 0.2) is 54.7 Å². The minimum atomic E-state index is -0.512. The number of para-hydroxylation sites is 1. The predicted molar refractivity (Wildman–Crippen MR) is 136 cm³/mol. The van der Waals surface area contributed by atoms with Crippen molar-refractivity contribution < 1.29 is 14.3 Å². The summed E-state index contributed by atoms with van der Waals surface area (Å²) in [7, 11) is 3.80. The number of aromatic hydroxyl groups is 1. The van der Waals surface area contributed by atoms with Gasteiger partial charge in [0.2, 0.25) is 6.41 Å². The number of nitrogens with one attached hydrogen (secondary N) is 1. The molecule has 35 heavy (non-hydrogen) atoms. The minimum absolute atomic E-state index is 0.0833. The van der Waals surface area contributed by atoms with E-state index in [1.807, 2.05) is 43.3 Å². The van der Waals surface area contributed by atoms with Crippen molar-refractivity contribution >= 4 is 17.9 Å². The molecular formula is C27H30FN5O2. The molecule has 2 aliphatic heterocycles. The van der Waals surface area contributed by atoms with Crippen molar-refractivity contribution in [2.45, 2.75) is 0 Å². The van der Waals surface area contributed by atoms with Gasteiger partial charge in [0.05, 0.1) is 5.69 Å². The van der Waals surface area contributed by atoms with Gasteiger partial charge in [0, 0.05) is 62.0 Å². The number of pyridine rings is 1. The van der Waals surface area contributed by atoms with E-state index in [4.69, 9.17) is 0 Å². The van der Waals surface area contributed by atoms with Gasteiger partial charge in [-0.25, -0.2) is 9.37 Å². The van der Waals surface area contributed by atoms with Gasteiger partial charge in [-0.3, -0.25) is 4.79 Å². The monoisotopic (exact) mass is 475 g/mol. The Kier molecular flexibility index (Phi) is 6.17. The zero-order chi connectivity index (χ0) is 24.6. The van der Waals surface area contributed by atoms with Crippen molar-refractivity contribution in [2.75, 3.05) is 63.2 Å². The third kappa shape index (κ3) is 4.47. The average Bonchev–Trinajstić information content (AvgIpc) is 2.78. The van der Waals surface area contributed by atoms with Gasteiger partial charge in [-0.05, 0) is 49.5 Å². The van der Waals surface area contributed by atoms with Gasteiger partial charge < -0.3 is 25.1 Å². The van der Waals surface area contributed by atoms with Crippen LogP contribution in [0, 0.1) is 11.2 Å². The van der Waals surface area contributed by atoms with Gasteiger partial charge in [-0.15, -0.1) is 0 Å². The van der Waals surface area contributed by atoms with Crippen molar-refractivity contribution in [2.24, 2.45) is 5.41 Å². The minimum Gasteiger partial charge on any atom is -0.507 e. The Labute approximate surface area is 204 Å². The van der Waals surface area contributed by atoms with E-state index in [0.29, 0.717) is 41.6 Å². The van der Waals surface area contributed by atoms with Gasteiger partial charge in [0.25, 0.3) is 0 Å². The smallest absolute Gasteiger partial charge is 0.214 e. The van der Waals surface area contributed by atoms with Crippen LogP contribution in [0.4, 0.5) is 15.9 Å². The Hall–Kier alpha value is -3.49. The number of halogens is 1. The SMILES string of the molecule is CN(C)CCN(C=O)c1ccc(-c2cccc(-c3ccnc(N4CC5(CNC5)C4)c3)c2O)cc1F. The lowest BCUT2D eigenvalue weighted by molar-refractivity contribution is -0.107. The van der Waals surface area contributed by atoms with Gasteiger partial charge >= 0.3 is 0 Å². The fraction of sp³-hybridized carbons (Fsp3) is 0.333. The first-order valence-electron chi connectivity index (χ1n) is 11.8. The summed E-state index contributed by atoms with van der Waals surface area (Å²) < 4.78 is 15.0. The number of carbonyl (C=O) groups excluding carboxylic acids is 1. The summed E-state index contributed by atoms with van der Waals surface area (Å²) in [6, 6.07) is 14.0. The van der Waals surface area contributed by atoms with E-state index in [2.05, 4.69) is 15.2 Å². The van der Waals surface area contributed by atoms with E-state index in [1.54, 1.807) is 24.4 Å². The number of phenolic OH excluding ortho intramolecular Hbond substituents is 1. The second-order valence-corrected chi connectivity index (χ2v) is 9.83. The molecule has 8 heteroatoms. The van der Waals surface area contributed by atoms with Crippen LogP contribution >= 0.6 is 0 Å². The topological polar surface area (TPSA) is 71.9 Å². The van der Waals surface area contributed by atoms with E-state index in [9.17, 15) is 9.90 Å². The van der Waals surface area contributed by atoms with Gasteiger partial charge in [0.1, 0.15) is 17.4 Å². The number of rotatable bonds is 8. The first-order chi connectivity index (χ1) is 16.9. The second kappa shape index (κ2) is 9.28. The summed E-state index contributed by atoms with van der Waals surface area (Å²) in [5.74, 6) is 0.466. The van der Waals surface area contributed by atoms with Crippen LogP contribution in [-0.4, -0.2) is 74.8 Å². The maximum atomic E-state index is 15.0. The Balaban J connectivity index is 1.40. The molecule has 1 amide bonds. The lowest BCUT2D eigenvalue weighted by Crippen LogP contribution is -2.71. The number of anilines is 2. The van der Waals surface area contributed by atoms with E-state index >= 15 is 4.39 Å². The molecule has 2 aromatic carbocycles. The molecule has 3 heterocycles. The van der Waals surface area contributed by atoms with Crippen LogP contribution in [-0.2, 0) is 4.79 Å². The first-order valence-corrected chi connectivity index (χ1v) is 11.8. The van der Waals surface area contributed by atoms with E-state index in [0.717, 1.165) is 37.6 Å². The lowest BCUT2D eigenvalue weighted by Gasteiger charge is -2.56. The summed E-state index contributed by atoms with van der Waals surface area (Å²) in [5.41, 5.74) is 3.20. The molecule has 2 saturated heterocycles. The highest BCUT2D eigenvalue weighted by Crippen LogP contribution is 2.41. The fourth-order valence-corrected chi connectivity index (χ4v) is 4.84. The molecule has 182 valence electrons. The summed E-state index contributed by atoms with van der Waals surface area (Å²) in [6.07, 6.45) is 2.40. The summed E-state index contributed by atoms with van der Waals surface area (Å²) in [6.45, 7) is 5.09. The van der Waals surface area contributed by atoms with Crippen LogP contribution < -0.4 is 15.1 Å². The van der Waals surface area contributed by atoms with E-state index in [1.165, 1.54) is 11.0 Å². The van der Waals surface area contributed by atoms with E-state index < -0.39 is 5.82 Å². The third-order valence-electron chi connectivity index (χ3n) is 6.95. The van der Waals surface area contributed by atoms with Crippen molar-refractivity contribution in [3.8, 4) is 28.0 Å². The molecule has 0 radical (unpaired) electrons. The number of benzene rings is 2. The quantitative estimate of drug-likeness (QED) is 0.488. The average molecular weight is 476 g/mol. The molecule has 2 N–H and O–H groups in total. The molecule has 2 fully saturated rings. The highest BCUT2D eigenvalue weighted by Gasteiger charge is 2.47. The van der Waals surface area contributed by atoms with Crippen LogP contribution in [0.1, 0.15) is 0 Å². The van der Waals surface area contributed by atoms with Crippen molar-refractivity contribution in [1.82, 2.24) is 15.2 Å². The number of hydrogen-bond donors (Lipinski definition) is 2. The fourth-order valence-electron chi connectivity index (χ4n) is 4.84. The first kappa shape index (κ1) is 23.3. The van der Waals surface area contributed by atoms with E-state index in [-0.39, 0.29) is 11.4 Å².